The summed E-state index contributed by atoms with van der Waals surface area (Å²) in [6, 6.07) is 14.7. The Balaban J connectivity index is 1.39. The first-order valence-corrected chi connectivity index (χ1v) is 10.6. The lowest BCUT2D eigenvalue weighted by molar-refractivity contribution is -0.0927. The van der Waals surface area contributed by atoms with E-state index in [4.69, 9.17) is 4.74 Å². The minimum Gasteiger partial charge on any atom is -0.370 e. The molecule has 3 aromatic rings. The van der Waals surface area contributed by atoms with Crippen LogP contribution in [0.25, 0.3) is 10.4 Å². The lowest BCUT2D eigenvalue weighted by atomic mass is 9.82. The summed E-state index contributed by atoms with van der Waals surface area (Å²) in [4.78, 5) is 17.5. The highest BCUT2D eigenvalue weighted by Crippen LogP contribution is 2.46. The van der Waals surface area contributed by atoms with Gasteiger partial charge in [-0.05, 0) is 36.1 Å². The van der Waals surface area contributed by atoms with Gasteiger partial charge >= 0.3 is 0 Å². The van der Waals surface area contributed by atoms with Crippen LogP contribution in [0.5, 0.6) is 0 Å². The highest BCUT2D eigenvalue weighted by Gasteiger charge is 2.43. The zero-order valence-electron chi connectivity index (χ0n) is 15.9. The second kappa shape index (κ2) is 6.87. The molecule has 6 heteroatoms. The van der Waals surface area contributed by atoms with Crippen LogP contribution in [0.1, 0.15) is 33.8 Å². The summed E-state index contributed by atoms with van der Waals surface area (Å²) in [6.45, 7) is 2.18. The molecule has 4 heterocycles. The van der Waals surface area contributed by atoms with Gasteiger partial charge in [0.05, 0.1) is 12.2 Å². The van der Waals surface area contributed by atoms with E-state index in [-0.39, 0.29) is 11.5 Å². The number of aromatic nitrogens is 2. The van der Waals surface area contributed by atoms with Gasteiger partial charge in [-0.15, -0.1) is 11.3 Å². The van der Waals surface area contributed by atoms with Crippen molar-refractivity contribution in [3.05, 3.63) is 64.8 Å². The first-order chi connectivity index (χ1) is 13.7. The molecule has 144 valence electrons. The van der Waals surface area contributed by atoms with Crippen LogP contribution in [0, 0.1) is 0 Å². The summed E-state index contributed by atoms with van der Waals surface area (Å²) in [5.41, 5.74) is 3.00. The minimum absolute atomic E-state index is 0.0566. The molecule has 1 amide bonds. The van der Waals surface area contributed by atoms with Gasteiger partial charge in [0.25, 0.3) is 5.91 Å². The lowest BCUT2D eigenvalue weighted by Crippen LogP contribution is -2.48. The monoisotopic (exact) mass is 393 g/mol. The molecule has 0 unspecified atom stereocenters. The smallest absolute Gasteiger partial charge is 0.272 e. The van der Waals surface area contributed by atoms with E-state index < -0.39 is 0 Å². The van der Waals surface area contributed by atoms with E-state index in [2.05, 4.69) is 41.5 Å². The van der Waals surface area contributed by atoms with Crippen LogP contribution in [0.15, 0.2) is 48.7 Å². The number of ether oxygens (including phenoxy) is 1. The van der Waals surface area contributed by atoms with Gasteiger partial charge in [-0.2, -0.15) is 5.10 Å². The quantitative estimate of drug-likeness (QED) is 0.664. The van der Waals surface area contributed by atoms with Crippen molar-refractivity contribution in [1.82, 2.24) is 14.7 Å². The number of fused-ring (bicyclic) bond motifs is 2. The average molecular weight is 394 g/mol. The molecule has 2 aliphatic heterocycles. The van der Waals surface area contributed by atoms with E-state index in [1.54, 1.807) is 16.9 Å². The fraction of sp³-hybridized carbons (Fsp3) is 0.364. The number of nitrogens with zero attached hydrogens (tertiary/aromatic N) is 3. The summed E-state index contributed by atoms with van der Waals surface area (Å²) < 4.78 is 8.02. The number of aryl methyl sites for hydroxylation is 1. The van der Waals surface area contributed by atoms with Crippen molar-refractivity contribution in [1.29, 1.82) is 0 Å². The van der Waals surface area contributed by atoms with Gasteiger partial charge < -0.3 is 9.64 Å². The van der Waals surface area contributed by atoms with Crippen LogP contribution < -0.4 is 0 Å². The number of benzene rings is 1. The summed E-state index contributed by atoms with van der Waals surface area (Å²) in [6.07, 6.45) is 4.33. The Morgan fingerprint density at radius 1 is 1.18 bits per heavy atom. The van der Waals surface area contributed by atoms with E-state index >= 15 is 0 Å². The minimum atomic E-state index is -0.250. The fourth-order valence-electron chi connectivity index (χ4n) is 4.39. The predicted molar refractivity (Wildman–Crippen MR) is 109 cm³/mol. The Hall–Kier alpha value is -2.44. The number of amides is 1. The second-order valence-corrected chi connectivity index (χ2v) is 8.68. The van der Waals surface area contributed by atoms with Crippen LogP contribution >= 0.6 is 11.3 Å². The number of rotatable bonds is 2. The molecule has 2 aromatic heterocycles. The Morgan fingerprint density at radius 3 is 2.68 bits per heavy atom. The zero-order valence-corrected chi connectivity index (χ0v) is 16.7. The molecule has 0 N–H and O–H groups in total. The number of hydrogen-bond acceptors (Lipinski definition) is 4. The summed E-state index contributed by atoms with van der Waals surface area (Å²) in [5, 5.41) is 4.12. The summed E-state index contributed by atoms with van der Waals surface area (Å²) in [5.74, 6) is 0.0566. The molecule has 1 fully saturated rings. The Labute approximate surface area is 168 Å². The van der Waals surface area contributed by atoms with Crippen LogP contribution in [0.4, 0.5) is 0 Å². The van der Waals surface area contributed by atoms with Crippen molar-refractivity contribution in [2.45, 2.75) is 24.9 Å². The number of piperidine rings is 1. The van der Waals surface area contributed by atoms with Crippen LogP contribution in [0.2, 0.25) is 0 Å². The third-order valence-corrected chi connectivity index (χ3v) is 7.21. The second-order valence-electron chi connectivity index (χ2n) is 7.54. The summed E-state index contributed by atoms with van der Waals surface area (Å²) in [7, 11) is 1.81. The van der Waals surface area contributed by atoms with Gasteiger partial charge in [0.1, 0.15) is 5.69 Å². The topological polar surface area (TPSA) is 47.4 Å². The highest BCUT2D eigenvalue weighted by molar-refractivity contribution is 7.15. The van der Waals surface area contributed by atoms with Crippen molar-refractivity contribution in [3.63, 3.8) is 0 Å². The fourth-order valence-corrected chi connectivity index (χ4v) is 5.63. The predicted octanol–water partition coefficient (Wildman–Crippen LogP) is 3.85. The van der Waals surface area contributed by atoms with Crippen LogP contribution in [-0.4, -0.2) is 40.3 Å². The van der Waals surface area contributed by atoms with Crippen molar-refractivity contribution < 1.29 is 9.53 Å². The van der Waals surface area contributed by atoms with E-state index in [0.29, 0.717) is 18.8 Å². The van der Waals surface area contributed by atoms with E-state index in [1.807, 2.05) is 23.3 Å². The molecule has 2 aliphatic rings. The van der Waals surface area contributed by atoms with Gasteiger partial charge in [-0.1, -0.05) is 30.3 Å². The van der Waals surface area contributed by atoms with Crippen molar-refractivity contribution in [2.24, 2.45) is 7.05 Å². The SMILES string of the molecule is Cn1nccc1C(=O)N1CCC2(CC1)OCCc1sc(-c3ccccc3)cc12. The van der Waals surface area contributed by atoms with Gasteiger partial charge in [0.2, 0.25) is 0 Å². The Kier molecular flexibility index (Phi) is 4.33. The largest absolute Gasteiger partial charge is 0.370 e. The zero-order chi connectivity index (χ0) is 19.1. The molecular weight excluding hydrogens is 370 g/mol. The molecule has 5 rings (SSSR count). The maximum Gasteiger partial charge on any atom is 0.272 e. The average Bonchev–Trinajstić information content (AvgIpc) is 3.36. The van der Waals surface area contributed by atoms with Crippen LogP contribution in [-0.2, 0) is 23.8 Å². The number of thiophene rings is 1. The molecule has 1 saturated heterocycles. The number of likely N-dealkylation sites (tertiary alicyclic amines) is 1. The number of carbonyl (C=O) groups excluding carboxylic acids is 1. The van der Waals surface area contributed by atoms with Gasteiger partial charge in [0.15, 0.2) is 0 Å². The molecule has 0 radical (unpaired) electrons. The molecule has 0 saturated carbocycles. The molecule has 1 aromatic carbocycles. The Bertz CT molecular complexity index is 1000. The molecule has 0 atom stereocenters. The Morgan fingerprint density at radius 2 is 1.96 bits per heavy atom. The van der Waals surface area contributed by atoms with E-state index in [9.17, 15) is 4.79 Å². The molecule has 0 aliphatic carbocycles. The lowest BCUT2D eigenvalue weighted by Gasteiger charge is -2.44. The molecule has 1 spiro atoms. The third-order valence-electron chi connectivity index (χ3n) is 5.96. The van der Waals surface area contributed by atoms with E-state index in [1.165, 1.54) is 20.9 Å². The van der Waals surface area contributed by atoms with Crippen molar-refractivity contribution in [3.8, 4) is 10.4 Å². The van der Waals surface area contributed by atoms with Crippen molar-refractivity contribution in [2.75, 3.05) is 19.7 Å². The van der Waals surface area contributed by atoms with Gasteiger partial charge in [-0.25, -0.2) is 0 Å². The molecule has 0 bridgehead atoms. The maximum absolute atomic E-state index is 12.8. The summed E-state index contributed by atoms with van der Waals surface area (Å²) >= 11 is 1.89. The van der Waals surface area contributed by atoms with Gasteiger partial charge in [0, 0.05) is 42.5 Å². The van der Waals surface area contributed by atoms with E-state index in [0.717, 1.165) is 25.9 Å². The number of carbonyl (C=O) groups is 1. The normalized spacial score (nSPS) is 18.2. The number of hydrogen-bond donors (Lipinski definition) is 0. The van der Waals surface area contributed by atoms with Gasteiger partial charge in [-0.3, -0.25) is 9.48 Å². The van der Waals surface area contributed by atoms with Crippen LogP contribution in [0.3, 0.4) is 0 Å². The standard InChI is InChI=1S/C22H23N3O2S/c1-24-18(7-11-23-24)21(26)25-12-9-22(10-13-25)17-15-20(16-5-3-2-4-6-16)28-19(17)8-14-27-22/h2-7,11,15H,8-10,12-14H2,1H3. The highest BCUT2D eigenvalue weighted by atomic mass is 32.1. The van der Waals surface area contributed by atoms with Crippen molar-refractivity contribution >= 4 is 17.2 Å². The molecule has 5 nitrogen and oxygen atoms in total. The first kappa shape index (κ1) is 17.6. The third kappa shape index (κ3) is 2.88. The first-order valence-electron chi connectivity index (χ1n) is 9.76. The molecule has 28 heavy (non-hydrogen) atoms. The molecular formula is C22H23N3O2S. The maximum atomic E-state index is 12.8.